The first-order valence-electron chi connectivity index (χ1n) is 3.81. The molecule has 17 heavy (non-hydrogen) atoms. The average molecular weight is 278 g/mol. The summed E-state index contributed by atoms with van der Waals surface area (Å²) in [6.45, 7) is 0. The van der Waals surface area contributed by atoms with Gasteiger partial charge in [0, 0.05) is 12.4 Å². The van der Waals surface area contributed by atoms with E-state index in [4.69, 9.17) is 11.6 Å². The summed E-state index contributed by atoms with van der Waals surface area (Å²) >= 11 is 4.74. The van der Waals surface area contributed by atoms with Gasteiger partial charge in [-0.3, -0.25) is 0 Å². The summed E-state index contributed by atoms with van der Waals surface area (Å²) in [5, 5.41) is -1.77. The molecule has 0 aromatic carbocycles. The SMILES string of the molecule is FC(F)(F)C(Cl)=Nc1ncc(C(F)(F)F)cn1. The van der Waals surface area contributed by atoms with Gasteiger partial charge in [0.15, 0.2) is 0 Å². The number of hydrogen-bond donors (Lipinski definition) is 0. The molecule has 0 spiro atoms. The molecule has 0 radical (unpaired) electrons. The molecule has 0 aliphatic heterocycles. The van der Waals surface area contributed by atoms with Crippen LogP contribution >= 0.6 is 11.6 Å². The van der Waals surface area contributed by atoms with Gasteiger partial charge >= 0.3 is 12.4 Å². The van der Waals surface area contributed by atoms with Crippen molar-refractivity contribution in [2.75, 3.05) is 0 Å². The highest BCUT2D eigenvalue weighted by Crippen LogP contribution is 2.28. The molecule has 0 fully saturated rings. The molecule has 1 rings (SSSR count). The lowest BCUT2D eigenvalue weighted by atomic mass is 10.3. The molecule has 94 valence electrons. The van der Waals surface area contributed by atoms with E-state index in [1.165, 1.54) is 0 Å². The summed E-state index contributed by atoms with van der Waals surface area (Å²) in [6, 6.07) is 0. The lowest BCUT2D eigenvalue weighted by Crippen LogP contribution is -2.17. The Kier molecular flexibility index (Phi) is 3.60. The zero-order chi connectivity index (χ0) is 13.3. The molecule has 0 unspecified atom stereocenters. The van der Waals surface area contributed by atoms with E-state index in [0.717, 1.165) is 0 Å². The molecule has 0 bridgehead atoms. The summed E-state index contributed by atoms with van der Waals surface area (Å²) in [5.41, 5.74) is -1.19. The van der Waals surface area contributed by atoms with Crippen molar-refractivity contribution < 1.29 is 26.3 Å². The Morgan fingerprint density at radius 3 is 1.88 bits per heavy atom. The predicted octanol–water partition coefficient (Wildman–Crippen LogP) is 3.33. The van der Waals surface area contributed by atoms with Crippen LogP contribution in [0.3, 0.4) is 0 Å². The molecular weight excluding hydrogens is 276 g/mol. The normalized spacial score (nSPS) is 13.9. The smallest absolute Gasteiger partial charge is 0.219 e. The number of rotatable bonds is 1. The van der Waals surface area contributed by atoms with Crippen LogP contribution in [0.1, 0.15) is 5.56 Å². The lowest BCUT2D eigenvalue weighted by Gasteiger charge is -2.05. The maximum atomic E-state index is 12.0. The number of hydrogen-bond acceptors (Lipinski definition) is 3. The van der Waals surface area contributed by atoms with Gasteiger partial charge < -0.3 is 0 Å². The molecule has 0 amide bonds. The first-order chi connectivity index (χ1) is 7.60. The molecule has 0 aliphatic rings. The maximum absolute atomic E-state index is 12.0. The van der Waals surface area contributed by atoms with Crippen LogP contribution in [0.15, 0.2) is 17.4 Å². The van der Waals surface area contributed by atoms with Gasteiger partial charge in [0.2, 0.25) is 5.17 Å². The molecule has 0 saturated carbocycles. The molecular formula is C7H2ClF6N3. The minimum absolute atomic E-state index is 0.312. The Morgan fingerprint density at radius 1 is 1.06 bits per heavy atom. The fraction of sp³-hybridized carbons (Fsp3) is 0.286. The largest absolute Gasteiger partial charge is 0.444 e. The Balaban J connectivity index is 2.97. The second-order valence-electron chi connectivity index (χ2n) is 2.67. The van der Waals surface area contributed by atoms with E-state index >= 15 is 0 Å². The van der Waals surface area contributed by atoms with Gasteiger partial charge in [0.05, 0.1) is 5.56 Å². The van der Waals surface area contributed by atoms with Gasteiger partial charge in [0.1, 0.15) is 0 Å². The van der Waals surface area contributed by atoms with E-state index in [1.54, 1.807) is 0 Å². The van der Waals surface area contributed by atoms with Crippen LogP contribution in [-0.4, -0.2) is 21.3 Å². The number of alkyl halides is 6. The number of aromatic nitrogens is 2. The van der Waals surface area contributed by atoms with E-state index in [2.05, 4.69) is 15.0 Å². The number of aliphatic imine (C=N–C) groups is 1. The summed E-state index contributed by atoms with van der Waals surface area (Å²) in [5.74, 6) is -0.805. The van der Waals surface area contributed by atoms with Crippen molar-refractivity contribution in [3.05, 3.63) is 18.0 Å². The molecule has 1 aromatic rings. The van der Waals surface area contributed by atoms with Crippen molar-refractivity contribution >= 4 is 22.7 Å². The van der Waals surface area contributed by atoms with Gasteiger partial charge in [-0.2, -0.15) is 31.3 Å². The monoisotopic (exact) mass is 277 g/mol. The van der Waals surface area contributed by atoms with E-state index < -0.39 is 29.0 Å². The molecule has 0 N–H and O–H groups in total. The topological polar surface area (TPSA) is 38.1 Å². The predicted molar refractivity (Wildman–Crippen MR) is 46.0 cm³/mol. The molecule has 0 aliphatic carbocycles. The van der Waals surface area contributed by atoms with Crippen molar-refractivity contribution in [3.8, 4) is 0 Å². The molecule has 0 atom stereocenters. The third kappa shape index (κ3) is 3.84. The fourth-order valence-corrected chi connectivity index (χ4v) is 0.752. The van der Waals surface area contributed by atoms with Gasteiger partial charge in [-0.15, -0.1) is 0 Å². The standard InChI is InChI=1S/C7H2ClF6N3/c8-4(7(12,13)14)17-5-15-1-3(2-16-5)6(9,10)11/h1-2H. The van der Waals surface area contributed by atoms with E-state index in [0.29, 0.717) is 12.4 Å². The molecule has 1 aromatic heterocycles. The zero-order valence-electron chi connectivity index (χ0n) is 7.64. The minimum atomic E-state index is -4.90. The third-order valence-corrected chi connectivity index (χ3v) is 1.70. The first kappa shape index (κ1) is 13.7. The molecule has 3 nitrogen and oxygen atoms in total. The molecule has 1 heterocycles. The highest BCUT2D eigenvalue weighted by Gasteiger charge is 2.35. The third-order valence-electron chi connectivity index (χ3n) is 1.40. The Bertz CT molecular complexity index is 421. The van der Waals surface area contributed by atoms with Crippen LogP contribution in [-0.2, 0) is 6.18 Å². The van der Waals surface area contributed by atoms with Crippen LogP contribution in [0.2, 0.25) is 0 Å². The minimum Gasteiger partial charge on any atom is -0.219 e. The highest BCUT2D eigenvalue weighted by molar-refractivity contribution is 6.67. The van der Waals surface area contributed by atoms with Gasteiger partial charge in [-0.1, -0.05) is 11.6 Å². The lowest BCUT2D eigenvalue weighted by molar-refractivity contribution is -0.138. The van der Waals surface area contributed by atoms with E-state index in [-0.39, 0.29) is 0 Å². The van der Waals surface area contributed by atoms with Gasteiger partial charge in [-0.25, -0.2) is 9.97 Å². The number of nitrogens with zero attached hydrogens (tertiary/aromatic N) is 3. The van der Waals surface area contributed by atoms with Crippen LogP contribution in [0, 0.1) is 0 Å². The van der Waals surface area contributed by atoms with Crippen molar-refractivity contribution in [2.24, 2.45) is 4.99 Å². The van der Waals surface area contributed by atoms with Gasteiger partial charge in [0.25, 0.3) is 5.95 Å². The Labute approximate surface area is 95.2 Å². The summed E-state index contributed by atoms with van der Waals surface area (Å²) in [7, 11) is 0. The maximum Gasteiger partial charge on any atom is 0.444 e. The summed E-state index contributed by atoms with van der Waals surface area (Å²) in [6.07, 6.45) is -8.94. The van der Waals surface area contributed by atoms with Crippen molar-refractivity contribution in [1.29, 1.82) is 0 Å². The Morgan fingerprint density at radius 2 is 1.53 bits per heavy atom. The Hall–Kier alpha value is -1.38. The van der Waals surface area contributed by atoms with E-state index in [9.17, 15) is 26.3 Å². The highest BCUT2D eigenvalue weighted by atomic mass is 35.5. The van der Waals surface area contributed by atoms with Crippen LogP contribution in [0.25, 0.3) is 0 Å². The molecule has 10 heteroatoms. The van der Waals surface area contributed by atoms with Crippen molar-refractivity contribution in [2.45, 2.75) is 12.4 Å². The molecule has 0 saturated heterocycles. The van der Waals surface area contributed by atoms with E-state index in [1.807, 2.05) is 0 Å². The summed E-state index contributed by atoms with van der Waals surface area (Å²) in [4.78, 5) is 8.71. The average Bonchev–Trinajstić information content (AvgIpc) is 2.15. The van der Waals surface area contributed by atoms with Crippen molar-refractivity contribution in [1.82, 2.24) is 9.97 Å². The fourth-order valence-electron chi connectivity index (χ4n) is 0.677. The first-order valence-corrected chi connectivity index (χ1v) is 4.19. The second-order valence-corrected chi connectivity index (χ2v) is 3.03. The van der Waals surface area contributed by atoms with Crippen molar-refractivity contribution in [3.63, 3.8) is 0 Å². The summed E-state index contributed by atoms with van der Waals surface area (Å²) < 4.78 is 71.9. The van der Waals surface area contributed by atoms with Gasteiger partial charge in [-0.05, 0) is 0 Å². The van der Waals surface area contributed by atoms with Crippen LogP contribution < -0.4 is 0 Å². The second kappa shape index (κ2) is 4.47. The van der Waals surface area contributed by atoms with Crippen LogP contribution in [0.4, 0.5) is 32.3 Å². The zero-order valence-corrected chi connectivity index (χ0v) is 8.40. The quantitative estimate of drug-likeness (QED) is 0.583. The number of halogens is 7. The van der Waals surface area contributed by atoms with Crippen LogP contribution in [0.5, 0.6) is 0 Å².